The molecule has 4 heteroatoms. The second-order valence-electron chi connectivity index (χ2n) is 4.39. The zero-order chi connectivity index (χ0) is 12.6. The quantitative estimate of drug-likeness (QED) is 0.750. The van der Waals surface area contributed by atoms with Gasteiger partial charge in [0.1, 0.15) is 0 Å². The van der Waals surface area contributed by atoms with Crippen molar-refractivity contribution in [1.82, 2.24) is 0 Å². The molecule has 0 saturated heterocycles. The van der Waals surface area contributed by atoms with Crippen molar-refractivity contribution in [2.45, 2.75) is 6.42 Å². The summed E-state index contributed by atoms with van der Waals surface area (Å²) in [5.41, 5.74) is 2.55. The van der Waals surface area contributed by atoms with E-state index in [0.29, 0.717) is 13.2 Å². The fraction of sp³-hybridized carbons (Fsp3) is 0.571. The summed E-state index contributed by atoms with van der Waals surface area (Å²) in [6.45, 7) is 5.29. The van der Waals surface area contributed by atoms with Crippen molar-refractivity contribution in [3.63, 3.8) is 0 Å². The van der Waals surface area contributed by atoms with Gasteiger partial charge < -0.3 is 19.7 Å². The maximum Gasteiger partial charge on any atom is 0.0700 e. The number of nitrogens with one attached hydrogen (secondary N) is 1. The molecule has 0 saturated carbocycles. The third-order valence-corrected chi connectivity index (χ3v) is 3.09. The van der Waals surface area contributed by atoms with E-state index >= 15 is 0 Å². The van der Waals surface area contributed by atoms with Crippen LogP contribution in [0.25, 0.3) is 0 Å². The molecule has 0 unspecified atom stereocenters. The number of benzene rings is 1. The van der Waals surface area contributed by atoms with E-state index in [-0.39, 0.29) is 0 Å². The molecule has 1 aliphatic heterocycles. The van der Waals surface area contributed by atoms with E-state index < -0.39 is 0 Å². The van der Waals surface area contributed by atoms with Crippen LogP contribution in [-0.4, -0.2) is 46.6 Å². The van der Waals surface area contributed by atoms with E-state index in [4.69, 9.17) is 9.47 Å². The first-order chi connectivity index (χ1) is 8.92. The summed E-state index contributed by atoms with van der Waals surface area (Å²) in [6.07, 6.45) is 1.05. The molecule has 0 radical (unpaired) electrons. The van der Waals surface area contributed by atoms with Crippen molar-refractivity contribution in [1.29, 1.82) is 0 Å². The van der Waals surface area contributed by atoms with Gasteiger partial charge in [0, 0.05) is 33.4 Å². The summed E-state index contributed by atoms with van der Waals surface area (Å²) >= 11 is 0. The second-order valence-corrected chi connectivity index (χ2v) is 4.39. The highest BCUT2D eigenvalue weighted by molar-refractivity contribution is 5.71. The first kappa shape index (κ1) is 13.2. The third kappa shape index (κ3) is 3.62. The Morgan fingerprint density at radius 1 is 1.22 bits per heavy atom. The number of hydrogen-bond acceptors (Lipinski definition) is 4. The molecule has 0 spiro atoms. The van der Waals surface area contributed by atoms with Gasteiger partial charge in [0.05, 0.1) is 24.6 Å². The Morgan fingerprint density at radius 3 is 3.00 bits per heavy atom. The van der Waals surface area contributed by atoms with Crippen LogP contribution < -0.4 is 10.2 Å². The maximum atomic E-state index is 5.49. The molecule has 4 nitrogen and oxygen atoms in total. The summed E-state index contributed by atoms with van der Waals surface area (Å²) in [5.74, 6) is 0. The lowest BCUT2D eigenvalue weighted by atomic mass is 10.2. The van der Waals surface area contributed by atoms with Crippen molar-refractivity contribution in [3.8, 4) is 0 Å². The average Bonchev–Trinajstić information content (AvgIpc) is 2.43. The topological polar surface area (TPSA) is 33.7 Å². The second kappa shape index (κ2) is 7.24. The van der Waals surface area contributed by atoms with Gasteiger partial charge in [0.25, 0.3) is 0 Å². The smallest absolute Gasteiger partial charge is 0.0700 e. The molecule has 100 valence electrons. The van der Waals surface area contributed by atoms with Gasteiger partial charge in [-0.2, -0.15) is 0 Å². The molecule has 0 aromatic heterocycles. The molecule has 18 heavy (non-hydrogen) atoms. The Kier molecular flexibility index (Phi) is 5.30. The number of para-hydroxylation sites is 2. The highest BCUT2D eigenvalue weighted by Crippen LogP contribution is 2.28. The standard InChI is InChI=1S/C14H22N2O2/c1-17-11-12-18-10-4-8-16-9-7-15-13-5-2-3-6-14(13)16/h2-3,5-6,15H,4,7-12H2,1H3. The minimum atomic E-state index is 0.677. The molecule has 0 bridgehead atoms. The lowest BCUT2D eigenvalue weighted by molar-refractivity contribution is 0.0700. The molecule has 1 aromatic carbocycles. The lowest BCUT2D eigenvalue weighted by Crippen LogP contribution is -2.35. The maximum absolute atomic E-state index is 5.49. The average molecular weight is 250 g/mol. The molecule has 0 amide bonds. The van der Waals surface area contributed by atoms with Crippen molar-refractivity contribution >= 4 is 11.4 Å². The Labute approximate surface area is 109 Å². The van der Waals surface area contributed by atoms with Gasteiger partial charge in [-0.25, -0.2) is 0 Å². The summed E-state index contributed by atoms with van der Waals surface area (Å²) < 4.78 is 10.4. The zero-order valence-electron chi connectivity index (χ0n) is 11.0. The first-order valence-electron chi connectivity index (χ1n) is 6.56. The van der Waals surface area contributed by atoms with Crippen molar-refractivity contribution in [2.24, 2.45) is 0 Å². The summed E-state index contributed by atoms with van der Waals surface area (Å²) in [6, 6.07) is 8.47. The van der Waals surface area contributed by atoms with Gasteiger partial charge in [0.15, 0.2) is 0 Å². The van der Waals surface area contributed by atoms with Crippen molar-refractivity contribution in [2.75, 3.05) is 56.8 Å². The highest BCUT2D eigenvalue weighted by atomic mass is 16.5. The molecule has 1 heterocycles. The number of nitrogens with zero attached hydrogens (tertiary/aromatic N) is 1. The Morgan fingerprint density at radius 2 is 2.11 bits per heavy atom. The van der Waals surface area contributed by atoms with Crippen LogP contribution in [0.3, 0.4) is 0 Å². The van der Waals surface area contributed by atoms with Gasteiger partial charge in [0.2, 0.25) is 0 Å². The number of fused-ring (bicyclic) bond motifs is 1. The first-order valence-corrected chi connectivity index (χ1v) is 6.56. The predicted molar refractivity (Wildman–Crippen MR) is 74.5 cm³/mol. The molecule has 0 aliphatic carbocycles. The molecule has 1 N–H and O–H groups in total. The molecule has 1 aromatic rings. The van der Waals surface area contributed by atoms with Gasteiger partial charge in [-0.1, -0.05) is 12.1 Å². The predicted octanol–water partition coefficient (Wildman–Crippen LogP) is 1.97. The summed E-state index contributed by atoms with van der Waals surface area (Å²) in [7, 11) is 1.70. The Bertz CT molecular complexity index is 357. The van der Waals surface area contributed by atoms with Gasteiger partial charge in [-0.3, -0.25) is 0 Å². The summed E-state index contributed by atoms with van der Waals surface area (Å²) in [4.78, 5) is 2.42. The Hall–Kier alpha value is -1.26. The van der Waals surface area contributed by atoms with E-state index in [1.165, 1.54) is 11.4 Å². The van der Waals surface area contributed by atoms with Crippen LogP contribution in [-0.2, 0) is 9.47 Å². The van der Waals surface area contributed by atoms with E-state index in [1.54, 1.807) is 7.11 Å². The summed E-state index contributed by atoms with van der Waals surface area (Å²) in [5, 5.41) is 3.42. The lowest BCUT2D eigenvalue weighted by Gasteiger charge is -2.32. The molecule has 0 fully saturated rings. The number of methoxy groups -OCH3 is 1. The monoisotopic (exact) mass is 250 g/mol. The van der Waals surface area contributed by atoms with E-state index in [9.17, 15) is 0 Å². The SMILES string of the molecule is COCCOCCCN1CCNc2ccccc21. The minimum absolute atomic E-state index is 0.677. The van der Waals surface area contributed by atoms with Crippen LogP contribution >= 0.6 is 0 Å². The minimum Gasteiger partial charge on any atom is -0.382 e. The van der Waals surface area contributed by atoms with E-state index in [0.717, 1.165) is 32.7 Å². The van der Waals surface area contributed by atoms with E-state index in [1.807, 2.05) is 0 Å². The van der Waals surface area contributed by atoms with Crippen LogP contribution in [0, 0.1) is 0 Å². The zero-order valence-corrected chi connectivity index (χ0v) is 11.0. The molecule has 0 atom stereocenters. The van der Waals surface area contributed by atoms with Crippen LogP contribution in [0.4, 0.5) is 11.4 Å². The molecular formula is C14H22N2O2. The highest BCUT2D eigenvalue weighted by Gasteiger charge is 2.14. The number of ether oxygens (including phenoxy) is 2. The largest absolute Gasteiger partial charge is 0.382 e. The van der Waals surface area contributed by atoms with Crippen molar-refractivity contribution in [3.05, 3.63) is 24.3 Å². The third-order valence-electron chi connectivity index (χ3n) is 3.09. The Balaban J connectivity index is 1.74. The van der Waals surface area contributed by atoms with Crippen LogP contribution in [0.15, 0.2) is 24.3 Å². The van der Waals surface area contributed by atoms with Gasteiger partial charge in [-0.15, -0.1) is 0 Å². The van der Waals surface area contributed by atoms with Crippen LogP contribution in [0.1, 0.15) is 6.42 Å². The fourth-order valence-corrected chi connectivity index (χ4v) is 2.18. The molecular weight excluding hydrogens is 228 g/mol. The van der Waals surface area contributed by atoms with Crippen LogP contribution in [0.5, 0.6) is 0 Å². The number of anilines is 2. The normalized spacial score (nSPS) is 14.2. The number of hydrogen-bond donors (Lipinski definition) is 1. The van der Waals surface area contributed by atoms with Gasteiger partial charge in [-0.05, 0) is 18.6 Å². The fourth-order valence-electron chi connectivity index (χ4n) is 2.18. The molecule has 2 rings (SSSR count). The van der Waals surface area contributed by atoms with E-state index in [2.05, 4.69) is 34.5 Å². The van der Waals surface area contributed by atoms with Crippen molar-refractivity contribution < 1.29 is 9.47 Å². The van der Waals surface area contributed by atoms with Gasteiger partial charge >= 0.3 is 0 Å². The number of rotatable bonds is 7. The molecule has 1 aliphatic rings. The van der Waals surface area contributed by atoms with Crippen LogP contribution in [0.2, 0.25) is 0 Å².